The molecule has 0 spiro atoms. The van der Waals surface area contributed by atoms with E-state index in [0.29, 0.717) is 6.42 Å². The summed E-state index contributed by atoms with van der Waals surface area (Å²) in [5.74, 6) is -0.302. The molecule has 1 aromatic carbocycles. The topological polar surface area (TPSA) is 72.2 Å². The average molecular weight is 262 g/mol. The highest BCUT2D eigenvalue weighted by molar-refractivity contribution is 5.87. The maximum absolute atomic E-state index is 11.7. The molecule has 0 aliphatic carbocycles. The van der Waals surface area contributed by atoms with Crippen molar-refractivity contribution in [3.8, 4) is 0 Å². The van der Waals surface area contributed by atoms with Crippen LogP contribution in [0.3, 0.4) is 0 Å². The van der Waals surface area contributed by atoms with Crippen molar-refractivity contribution in [3.63, 3.8) is 0 Å². The summed E-state index contributed by atoms with van der Waals surface area (Å²) in [6.07, 6.45) is 3.14. The van der Waals surface area contributed by atoms with Crippen molar-refractivity contribution < 1.29 is 9.59 Å². The van der Waals surface area contributed by atoms with Crippen LogP contribution in [0.2, 0.25) is 0 Å². The van der Waals surface area contributed by atoms with Gasteiger partial charge in [0.1, 0.15) is 6.29 Å². The van der Waals surface area contributed by atoms with Crippen LogP contribution in [-0.4, -0.2) is 23.8 Å². The molecule has 3 N–H and O–H groups in total. The van der Waals surface area contributed by atoms with E-state index >= 15 is 0 Å². The fourth-order valence-corrected chi connectivity index (χ4v) is 1.70. The number of carbonyl (C=O) groups excluding carboxylic acids is 2. The van der Waals surface area contributed by atoms with E-state index in [1.807, 2.05) is 18.2 Å². The van der Waals surface area contributed by atoms with Crippen LogP contribution in [0.5, 0.6) is 0 Å². The first-order valence-electron chi connectivity index (χ1n) is 6.52. The quantitative estimate of drug-likeness (QED) is 0.730. The molecule has 1 rings (SSSR count). The highest BCUT2D eigenvalue weighted by Gasteiger charge is 2.24. The van der Waals surface area contributed by atoms with E-state index in [9.17, 15) is 9.59 Å². The van der Waals surface area contributed by atoms with Crippen LogP contribution in [0.1, 0.15) is 32.3 Å². The van der Waals surface area contributed by atoms with E-state index in [2.05, 4.69) is 17.4 Å². The van der Waals surface area contributed by atoms with Crippen LogP contribution in [0.4, 0.5) is 0 Å². The zero-order valence-electron chi connectivity index (χ0n) is 11.6. The Morgan fingerprint density at radius 3 is 2.53 bits per heavy atom. The Morgan fingerprint density at radius 2 is 2.00 bits per heavy atom. The van der Waals surface area contributed by atoms with Gasteiger partial charge in [-0.15, -0.1) is 0 Å². The van der Waals surface area contributed by atoms with Crippen LogP contribution in [0.15, 0.2) is 30.3 Å². The lowest BCUT2D eigenvalue weighted by Crippen LogP contribution is -2.52. The van der Waals surface area contributed by atoms with Crippen molar-refractivity contribution in [1.29, 1.82) is 0 Å². The van der Waals surface area contributed by atoms with Gasteiger partial charge in [0.25, 0.3) is 0 Å². The SMILES string of the molecule is CC(C)(N)C(=O)NC(C=O)CCCc1ccccc1. The van der Waals surface area contributed by atoms with Crippen molar-refractivity contribution in [1.82, 2.24) is 5.32 Å². The highest BCUT2D eigenvalue weighted by atomic mass is 16.2. The average Bonchev–Trinajstić information content (AvgIpc) is 2.37. The van der Waals surface area contributed by atoms with Crippen molar-refractivity contribution in [2.24, 2.45) is 5.73 Å². The molecule has 0 aliphatic rings. The van der Waals surface area contributed by atoms with Crippen LogP contribution in [0.25, 0.3) is 0 Å². The molecule has 1 atom stereocenters. The van der Waals surface area contributed by atoms with Gasteiger partial charge in [-0.25, -0.2) is 0 Å². The number of aldehydes is 1. The van der Waals surface area contributed by atoms with Crippen LogP contribution < -0.4 is 11.1 Å². The van der Waals surface area contributed by atoms with Crippen molar-refractivity contribution in [2.45, 2.75) is 44.7 Å². The van der Waals surface area contributed by atoms with Crippen molar-refractivity contribution >= 4 is 12.2 Å². The first kappa shape index (κ1) is 15.4. The molecule has 0 saturated heterocycles. The Bertz CT molecular complexity index is 410. The number of hydrogen-bond acceptors (Lipinski definition) is 3. The number of amides is 1. The Balaban J connectivity index is 2.37. The van der Waals surface area contributed by atoms with Crippen molar-refractivity contribution in [2.75, 3.05) is 0 Å². The second kappa shape index (κ2) is 7.04. The molecule has 0 heterocycles. The van der Waals surface area contributed by atoms with Gasteiger partial charge in [-0.2, -0.15) is 0 Å². The standard InChI is InChI=1S/C15H22N2O2/c1-15(2,16)14(19)17-13(11-18)10-6-9-12-7-4-3-5-8-12/h3-5,7-8,11,13H,6,9-10,16H2,1-2H3,(H,17,19). The molecule has 1 aromatic rings. The Kier molecular flexibility index (Phi) is 5.70. The molecule has 4 heteroatoms. The van der Waals surface area contributed by atoms with Gasteiger partial charge in [0.2, 0.25) is 5.91 Å². The van der Waals surface area contributed by atoms with E-state index in [-0.39, 0.29) is 5.91 Å². The molecule has 0 saturated carbocycles. The number of hydrogen-bond donors (Lipinski definition) is 2. The van der Waals surface area contributed by atoms with Crippen LogP contribution >= 0.6 is 0 Å². The Hall–Kier alpha value is -1.68. The molecule has 0 fully saturated rings. The van der Waals surface area contributed by atoms with Gasteiger partial charge < -0.3 is 15.8 Å². The molecule has 0 aliphatic heterocycles. The molecule has 0 bridgehead atoms. The molecule has 0 aromatic heterocycles. The van der Waals surface area contributed by atoms with Gasteiger partial charge >= 0.3 is 0 Å². The predicted octanol–water partition coefficient (Wildman–Crippen LogP) is 1.43. The van der Waals surface area contributed by atoms with Crippen molar-refractivity contribution in [3.05, 3.63) is 35.9 Å². The Labute approximate surface area is 114 Å². The molecule has 0 radical (unpaired) electrons. The smallest absolute Gasteiger partial charge is 0.240 e. The normalized spacial score (nSPS) is 12.8. The van der Waals surface area contributed by atoms with E-state index in [4.69, 9.17) is 5.73 Å². The lowest BCUT2D eigenvalue weighted by Gasteiger charge is -2.21. The van der Waals surface area contributed by atoms with Crippen LogP contribution in [-0.2, 0) is 16.0 Å². The number of nitrogens with two attached hydrogens (primary N) is 1. The van der Waals surface area contributed by atoms with E-state index in [1.54, 1.807) is 13.8 Å². The van der Waals surface area contributed by atoms with E-state index < -0.39 is 11.6 Å². The summed E-state index contributed by atoms with van der Waals surface area (Å²) in [4.78, 5) is 22.6. The summed E-state index contributed by atoms with van der Waals surface area (Å²) >= 11 is 0. The molecule has 1 amide bonds. The van der Waals surface area contributed by atoms with Crippen LogP contribution in [0, 0.1) is 0 Å². The summed E-state index contributed by atoms with van der Waals surface area (Å²) in [7, 11) is 0. The lowest BCUT2D eigenvalue weighted by atomic mass is 10.0. The number of carbonyl (C=O) groups is 2. The lowest BCUT2D eigenvalue weighted by molar-refractivity contribution is -0.127. The largest absolute Gasteiger partial charge is 0.345 e. The molecule has 104 valence electrons. The molecule has 1 unspecified atom stereocenters. The third-order valence-electron chi connectivity index (χ3n) is 2.89. The first-order valence-corrected chi connectivity index (χ1v) is 6.52. The number of rotatable bonds is 7. The summed E-state index contributed by atoms with van der Waals surface area (Å²) in [6, 6.07) is 9.60. The van der Waals surface area contributed by atoms with Gasteiger partial charge in [0.15, 0.2) is 0 Å². The zero-order valence-corrected chi connectivity index (χ0v) is 11.6. The third-order valence-corrected chi connectivity index (χ3v) is 2.89. The highest BCUT2D eigenvalue weighted by Crippen LogP contribution is 2.06. The van der Waals surface area contributed by atoms with E-state index in [0.717, 1.165) is 19.1 Å². The summed E-state index contributed by atoms with van der Waals surface area (Å²) in [5, 5.41) is 2.66. The second-order valence-corrected chi connectivity index (χ2v) is 5.32. The molecule has 19 heavy (non-hydrogen) atoms. The third kappa shape index (κ3) is 5.66. The van der Waals surface area contributed by atoms with Gasteiger partial charge in [0.05, 0.1) is 11.6 Å². The fraction of sp³-hybridized carbons (Fsp3) is 0.467. The number of aryl methyl sites for hydroxylation is 1. The zero-order chi connectivity index (χ0) is 14.3. The fourth-order valence-electron chi connectivity index (χ4n) is 1.70. The minimum Gasteiger partial charge on any atom is -0.345 e. The minimum absolute atomic E-state index is 0.302. The van der Waals surface area contributed by atoms with Gasteiger partial charge in [-0.1, -0.05) is 30.3 Å². The minimum atomic E-state index is -0.958. The number of nitrogens with one attached hydrogen (secondary N) is 1. The predicted molar refractivity (Wildman–Crippen MR) is 75.6 cm³/mol. The maximum atomic E-state index is 11.7. The summed E-state index contributed by atoms with van der Waals surface area (Å²) < 4.78 is 0. The molecule has 4 nitrogen and oxygen atoms in total. The summed E-state index contributed by atoms with van der Waals surface area (Å²) in [6.45, 7) is 3.24. The van der Waals surface area contributed by atoms with Gasteiger partial charge in [-0.05, 0) is 38.7 Å². The number of benzene rings is 1. The van der Waals surface area contributed by atoms with E-state index in [1.165, 1.54) is 5.56 Å². The molecular formula is C15H22N2O2. The van der Waals surface area contributed by atoms with Gasteiger partial charge in [-0.3, -0.25) is 4.79 Å². The molecular weight excluding hydrogens is 240 g/mol. The maximum Gasteiger partial charge on any atom is 0.240 e. The summed E-state index contributed by atoms with van der Waals surface area (Å²) in [5.41, 5.74) is 5.95. The monoisotopic (exact) mass is 262 g/mol. The Morgan fingerprint density at radius 1 is 1.37 bits per heavy atom. The first-order chi connectivity index (χ1) is 8.93. The van der Waals surface area contributed by atoms with Gasteiger partial charge in [0, 0.05) is 0 Å². The second-order valence-electron chi connectivity index (χ2n) is 5.32.